The summed E-state index contributed by atoms with van der Waals surface area (Å²) in [5.41, 5.74) is 4.36. The second kappa shape index (κ2) is 11.6. The van der Waals surface area contributed by atoms with Crippen LogP contribution in [0.4, 0.5) is 0 Å². The van der Waals surface area contributed by atoms with Crippen molar-refractivity contribution in [1.82, 2.24) is 15.2 Å². The predicted molar refractivity (Wildman–Crippen MR) is 143 cm³/mol. The standard InChI is InChI=1S/C31H35N3O3/c1-2-28(30(35)33-21-22-9-8-17-32-20-22)37-26-15-14-23-16-18-34(31(36)25-12-6-7-13-25)29(27(23)19-26)24-10-4-3-5-11-24/h3-5,8-11,14-15,17,19-20,25,28-29H,2,6-7,12-13,16,18,21H2,1H3,(H,33,35). The van der Waals surface area contributed by atoms with Crippen molar-refractivity contribution in [3.63, 3.8) is 0 Å². The van der Waals surface area contributed by atoms with Gasteiger partial charge in [-0.05, 0) is 66.1 Å². The summed E-state index contributed by atoms with van der Waals surface area (Å²) in [4.78, 5) is 32.7. The average Bonchev–Trinajstić information content (AvgIpc) is 3.50. The van der Waals surface area contributed by atoms with Crippen LogP contribution in [-0.2, 0) is 22.6 Å². The minimum atomic E-state index is -0.607. The Labute approximate surface area is 219 Å². The van der Waals surface area contributed by atoms with Crippen LogP contribution < -0.4 is 10.1 Å². The van der Waals surface area contributed by atoms with Crippen LogP contribution >= 0.6 is 0 Å². The number of nitrogens with zero attached hydrogens (tertiary/aromatic N) is 2. The molecule has 0 radical (unpaired) electrons. The fraction of sp³-hybridized carbons (Fsp3) is 0.387. The highest BCUT2D eigenvalue weighted by atomic mass is 16.5. The highest BCUT2D eigenvalue weighted by Gasteiger charge is 2.36. The Kier molecular flexibility index (Phi) is 7.83. The third-order valence-electron chi connectivity index (χ3n) is 7.58. The van der Waals surface area contributed by atoms with E-state index in [4.69, 9.17) is 4.74 Å². The van der Waals surface area contributed by atoms with Crippen LogP contribution in [0.1, 0.15) is 67.3 Å². The minimum absolute atomic E-state index is 0.125. The number of fused-ring (bicyclic) bond motifs is 1. The van der Waals surface area contributed by atoms with Crippen LogP contribution in [0.3, 0.4) is 0 Å². The highest BCUT2D eigenvalue weighted by molar-refractivity contribution is 5.81. The molecular formula is C31H35N3O3. The van der Waals surface area contributed by atoms with Gasteiger partial charge in [-0.2, -0.15) is 0 Å². The lowest BCUT2D eigenvalue weighted by atomic mass is 9.87. The smallest absolute Gasteiger partial charge is 0.261 e. The maximum Gasteiger partial charge on any atom is 0.261 e. The predicted octanol–water partition coefficient (Wildman–Crippen LogP) is 5.22. The van der Waals surface area contributed by atoms with Gasteiger partial charge in [0.25, 0.3) is 5.91 Å². The summed E-state index contributed by atoms with van der Waals surface area (Å²) in [5.74, 6) is 0.893. The summed E-state index contributed by atoms with van der Waals surface area (Å²) in [7, 11) is 0. The lowest BCUT2D eigenvalue weighted by molar-refractivity contribution is -0.137. The minimum Gasteiger partial charge on any atom is -0.481 e. The molecule has 2 aromatic carbocycles. The van der Waals surface area contributed by atoms with Gasteiger partial charge in [0.2, 0.25) is 5.91 Å². The lowest BCUT2D eigenvalue weighted by Crippen LogP contribution is -2.43. The number of rotatable bonds is 8. The second-order valence-electron chi connectivity index (χ2n) is 10.0. The number of pyridine rings is 1. The quantitative estimate of drug-likeness (QED) is 0.463. The van der Waals surface area contributed by atoms with Gasteiger partial charge in [-0.3, -0.25) is 14.6 Å². The van der Waals surface area contributed by atoms with E-state index in [-0.39, 0.29) is 23.8 Å². The Morgan fingerprint density at radius 1 is 1.08 bits per heavy atom. The van der Waals surface area contributed by atoms with Crippen molar-refractivity contribution in [2.45, 2.75) is 64.1 Å². The zero-order chi connectivity index (χ0) is 25.6. The first-order chi connectivity index (χ1) is 18.1. The normalized spacial score (nSPS) is 18.2. The van der Waals surface area contributed by atoms with Gasteiger partial charge in [0.15, 0.2) is 6.10 Å². The molecule has 6 heteroatoms. The SMILES string of the molecule is CCC(Oc1ccc2c(c1)C(c1ccccc1)N(C(=O)C1CCCC1)CC2)C(=O)NCc1cccnc1. The average molecular weight is 498 g/mol. The molecule has 0 bridgehead atoms. The first-order valence-electron chi connectivity index (χ1n) is 13.5. The van der Waals surface area contributed by atoms with Gasteiger partial charge in [-0.1, -0.05) is 62.2 Å². The maximum absolute atomic E-state index is 13.6. The number of carbonyl (C=O) groups excluding carboxylic acids is 2. The van der Waals surface area contributed by atoms with Crippen molar-refractivity contribution in [3.05, 3.63) is 95.3 Å². The van der Waals surface area contributed by atoms with Crippen LogP contribution in [0.25, 0.3) is 0 Å². The van der Waals surface area contributed by atoms with Gasteiger partial charge in [0.1, 0.15) is 5.75 Å². The Balaban J connectivity index is 1.38. The number of amides is 2. The van der Waals surface area contributed by atoms with Crippen LogP contribution in [0.5, 0.6) is 5.75 Å². The number of benzene rings is 2. The maximum atomic E-state index is 13.6. The molecule has 1 aromatic heterocycles. The number of ether oxygens (including phenoxy) is 1. The molecule has 37 heavy (non-hydrogen) atoms. The van der Waals surface area contributed by atoms with Gasteiger partial charge in [0.05, 0.1) is 6.04 Å². The molecule has 3 aromatic rings. The molecular weight excluding hydrogens is 462 g/mol. The Morgan fingerprint density at radius 2 is 1.89 bits per heavy atom. The van der Waals surface area contributed by atoms with Crippen molar-refractivity contribution in [3.8, 4) is 5.75 Å². The van der Waals surface area contributed by atoms with E-state index >= 15 is 0 Å². The molecule has 2 atom stereocenters. The van der Waals surface area contributed by atoms with E-state index in [0.29, 0.717) is 18.7 Å². The number of hydrogen-bond acceptors (Lipinski definition) is 4. The van der Waals surface area contributed by atoms with Crippen molar-refractivity contribution >= 4 is 11.8 Å². The molecule has 2 aliphatic rings. The molecule has 5 rings (SSSR count). The van der Waals surface area contributed by atoms with Crippen LogP contribution in [0, 0.1) is 5.92 Å². The Bertz CT molecular complexity index is 1210. The number of aromatic nitrogens is 1. The van der Waals surface area contributed by atoms with E-state index in [1.54, 1.807) is 12.4 Å². The zero-order valence-corrected chi connectivity index (χ0v) is 21.4. The molecule has 2 heterocycles. The van der Waals surface area contributed by atoms with E-state index in [0.717, 1.165) is 55.3 Å². The summed E-state index contributed by atoms with van der Waals surface area (Å²) in [6.45, 7) is 3.07. The van der Waals surface area contributed by atoms with Gasteiger partial charge < -0.3 is 15.0 Å². The number of hydrogen-bond donors (Lipinski definition) is 1. The third-order valence-corrected chi connectivity index (χ3v) is 7.58. The Hall–Kier alpha value is -3.67. The molecule has 1 N–H and O–H groups in total. The second-order valence-corrected chi connectivity index (χ2v) is 10.0. The van der Waals surface area contributed by atoms with Gasteiger partial charge in [0, 0.05) is 31.4 Å². The number of nitrogens with one attached hydrogen (secondary N) is 1. The first kappa shape index (κ1) is 25.0. The highest BCUT2D eigenvalue weighted by Crippen LogP contribution is 2.39. The topological polar surface area (TPSA) is 71.5 Å². The van der Waals surface area contributed by atoms with Crippen LogP contribution in [0.2, 0.25) is 0 Å². The van der Waals surface area contributed by atoms with Gasteiger partial charge in [-0.25, -0.2) is 0 Å². The lowest BCUT2D eigenvalue weighted by Gasteiger charge is -2.39. The van der Waals surface area contributed by atoms with Crippen molar-refractivity contribution in [1.29, 1.82) is 0 Å². The third kappa shape index (κ3) is 5.68. The molecule has 192 valence electrons. The summed E-state index contributed by atoms with van der Waals surface area (Å²) < 4.78 is 6.23. The summed E-state index contributed by atoms with van der Waals surface area (Å²) in [5, 5.41) is 2.96. The van der Waals surface area contributed by atoms with E-state index in [2.05, 4.69) is 33.4 Å². The Morgan fingerprint density at radius 3 is 2.62 bits per heavy atom. The summed E-state index contributed by atoms with van der Waals surface area (Å²) in [6, 6.07) is 20.0. The molecule has 1 aliphatic carbocycles. The molecule has 0 spiro atoms. The summed E-state index contributed by atoms with van der Waals surface area (Å²) in [6.07, 6.45) is 8.46. The zero-order valence-electron chi connectivity index (χ0n) is 21.4. The monoisotopic (exact) mass is 497 g/mol. The van der Waals surface area contributed by atoms with Crippen molar-refractivity contribution in [2.75, 3.05) is 6.54 Å². The fourth-order valence-corrected chi connectivity index (χ4v) is 5.60. The number of carbonyl (C=O) groups is 2. The van der Waals surface area contributed by atoms with E-state index in [9.17, 15) is 9.59 Å². The largest absolute Gasteiger partial charge is 0.481 e. The van der Waals surface area contributed by atoms with Crippen molar-refractivity contribution in [2.24, 2.45) is 5.92 Å². The molecule has 6 nitrogen and oxygen atoms in total. The molecule has 1 fully saturated rings. The fourth-order valence-electron chi connectivity index (χ4n) is 5.60. The molecule has 1 aliphatic heterocycles. The summed E-state index contributed by atoms with van der Waals surface area (Å²) >= 11 is 0. The molecule has 2 amide bonds. The molecule has 1 saturated carbocycles. The van der Waals surface area contributed by atoms with Crippen LogP contribution in [-0.4, -0.2) is 34.3 Å². The van der Waals surface area contributed by atoms with Gasteiger partial charge in [-0.15, -0.1) is 0 Å². The van der Waals surface area contributed by atoms with Crippen LogP contribution in [0.15, 0.2) is 73.1 Å². The van der Waals surface area contributed by atoms with E-state index in [1.165, 1.54) is 5.56 Å². The first-order valence-corrected chi connectivity index (χ1v) is 13.5. The van der Waals surface area contributed by atoms with Gasteiger partial charge >= 0.3 is 0 Å². The van der Waals surface area contributed by atoms with Crippen molar-refractivity contribution < 1.29 is 14.3 Å². The molecule has 2 unspecified atom stereocenters. The molecule has 0 saturated heterocycles. The van der Waals surface area contributed by atoms with E-state index < -0.39 is 6.10 Å². The van der Waals surface area contributed by atoms with E-state index in [1.807, 2.05) is 49.4 Å².